The van der Waals surface area contributed by atoms with Gasteiger partial charge < -0.3 is 0 Å². The molecule has 1 aromatic rings. The van der Waals surface area contributed by atoms with E-state index in [4.69, 9.17) is 0 Å². The number of benzene rings is 1. The first-order valence-corrected chi connectivity index (χ1v) is 3.92. The Hall–Kier alpha value is -0.0138. The molecule has 1 heteroatoms. The van der Waals surface area contributed by atoms with Gasteiger partial charge in [0.2, 0.25) is 0 Å². The zero-order valence-corrected chi connectivity index (χ0v) is 7.52. The van der Waals surface area contributed by atoms with Crippen molar-refractivity contribution in [1.29, 1.82) is 0 Å². The Morgan fingerprint density at radius 2 is 1.42 bits per heavy atom. The molecule has 0 nitrogen and oxygen atoms in total. The van der Waals surface area contributed by atoms with Gasteiger partial charge >= 0.3 is 23.1 Å². The van der Waals surface area contributed by atoms with Crippen molar-refractivity contribution in [3.63, 3.8) is 0 Å². The Bertz CT molecular complexity index is 228. The highest BCUT2D eigenvalue weighted by Crippen LogP contribution is 2.21. The van der Waals surface area contributed by atoms with Crippen LogP contribution in [-0.2, 0) is 5.41 Å². The molecule has 0 aliphatic rings. The quantitative estimate of drug-likeness (QED) is 0.528. The van der Waals surface area contributed by atoms with Crippen molar-refractivity contribution in [3.8, 4) is 0 Å². The summed E-state index contributed by atoms with van der Waals surface area (Å²) in [6, 6.07) is 8.39. The predicted molar refractivity (Wildman–Crippen MR) is 58.1 cm³/mol. The van der Waals surface area contributed by atoms with E-state index in [1.165, 1.54) is 5.56 Å². The Labute approximate surface area is 91.5 Å². The predicted octanol–water partition coefficient (Wildman–Crippen LogP) is 2.25. The Morgan fingerprint density at radius 1 is 1.00 bits per heavy atom. The van der Waals surface area contributed by atoms with Crippen LogP contribution in [0.4, 0.5) is 0 Å². The summed E-state index contributed by atoms with van der Waals surface area (Å²) >= 11 is 0. The van der Waals surface area contributed by atoms with Gasteiger partial charge in [-0.2, -0.15) is 0 Å². The van der Waals surface area contributed by atoms with Gasteiger partial charge in [0.15, 0.2) is 0 Å². The molecule has 0 bridgehead atoms. The van der Waals surface area contributed by atoms with Crippen molar-refractivity contribution >= 4 is 23.1 Å². The third-order valence-corrected chi connectivity index (χ3v) is 1.82. The minimum atomic E-state index is 0. The lowest BCUT2D eigenvalue weighted by Crippen LogP contribution is -2.10. The Kier molecular flexibility index (Phi) is 4.28. The third-order valence-electron chi connectivity index (χ3n) is 1.82. The van der Waals surface area contributed by atoms with Crippen LogP contribution in [0, 0.1) is 6.92 Å². The summed E-state index contributed by atoms with van der Waals surface area (Å²) in [5.41, 5.74) is 2.70. The van der Waals surface area contributed by atoms with Gasteiger partial charge in [0.05, 0.1) is 0 Å². The van der Waals surface area contributed by atoms with Crippen molar-refractivity contribution in [2.45, 2.75) is 26.2 Å². The van der Waals surface area contributed by atoms with E-state index in [0.29, 0.717) is 0 Å². The lowest BCUT2D eigenvalue weighted by molar-refractivity contribution is 0.590. The normalized spacial score (nSPS) is 10.7. The van der Waals surface area contributed by atoms with Crippen molar-refractivity contribution < 1.29 is 0 Å². The summed E-state index contributed by atoms with van der Waals surface area (Å²) in [6.45, 7) is 10.5. The standard InChI is InChI=1S/C11H15.Mg.2H/c1-9-5-7-10(8-6-9)11(2,3)4;;;/h5-8H,1H2,2-4H3;;;. The van der Waals surface area contributed by atoms with Crippen LogP contribution in [0.25, 0.3) is 0 Å². The van der Waals surface area contributed by atoms with Crippen LogP contribution in [0.5, 0.6) is 0 Å². The monoisotopic (exact) mass is 173 g/mol. The van der Waals surface area contributed by atoms with E-state index >= 15 is 0 Å². The highest BCUT2D eigenvalue weighted by Gasteiger charge is 2.11. The highest BCUT2D eigenvalue weighted by molar-refractivity contribution is 5.75. The molecule has 0 amide bonds. The average Bonchev–Trinajstić information content (AvgIpc) is 1.86. The van der Waals surface area contributed by atoms with Crippen molar-refractivity contribution in [2.24, 2.45) is 0 Å². The summed E-state index contributed by atoms with van der Waals surface area (Å²) < 4.78 is 0. The molecule has 0 unspecified atom stereocenters. The van der Waals surface area contributed by atoms with E-state index in [9.17, 15) is 0 Å². The van der Waals surface area contributed by atoms with Crippen LogP contribution < -0.4 is 0 Å². The maximum absolute atomic E-state index is 3.84. The molecule has 0 aliphatic carbocycles. The van der Waals surface area contributed by atoms with Gasteiger partial charge in [-0.1, -0.05) is 45.0 Å². The van der Waals surface area contributed by atoms with E-state index in [2.05, 4.69) is 52.0 Å². The van der Waals surface area contributed by atoms with Crippen LogP contribution in [0.2, 0.25) is 0 Å². The van der Waals surface area contributed by atoms with E-state index < -0.39 is 0 Å². The first kappa shape index (κ1) is 12.0. The van der Waals surface area contributed by atoms with Crippen LogP contribution in [0.1, 0.15) is 31.9 Å². The van der Waals surface area contributed by atoms with Crippen molar-refractivity contribution in [3.05, 3.63) is 42.3 Å². The second-order valence-corrected chi connectivity index (χ2v) is 3.95. The second-order valence-electron chi connectivity index (χ2n) is 3.95. The maximum Gasteiger partial charge on any atom is 0.316 e. The zero-order valence-electron chi connectivity index (χ0n) is 7.52. The fraction of sp³-hybridized carbons (Fsp3) is 0.364. The number of rotatable bonds is 0. The minimum Gasteiger partial charge on any atom is -0.0587 e. The number of hydrogen-bond acceptors (Lipinski definition) is 0. The van der Waals surface area contributed by atoms with Gasteiger partial charge in [0.1, 0.15) is 0 Å². The molecular formula is C11H17Mg. The second kappa shape index (κ2) is 4.29. The molecular weight excluding hydrogens is 156 g/mol. The summed E-state index contributed by atoms with van der Waals surface area (Å²) in [4.78, 5) is 0. The smallest absolute Gasteiger partial charge is 0.0587 e. The first-order valence-electron chi connectivity index (χ1n) is 3.92. The third kappa shape index (κ3) is 3.16. The zero-order chi connectivity index (χ0) is 8.48. The molecule has 0 atom stereocenters. The van der Waals surface area contributed by atoms with Crippen LogP contribution in [0.3, 0.4) is 0 Å². The van der Waals surface area contributed by atoms with Gasteiger partial charge in [-0.15, -0.1) is 0 Å². The Balaban J connectivity index is 0.00000121. The molecule has 0 fully saturated rings. The lowest BCUT2D eigenvalue weighted by Gasteiger charge is -2.18. The lowest BCUT2D eigenvalue weighted by atomic mass is 9.87. The summed E-state index contributed by atoms with van der Waals surface area (Å²) in [5, 5.41) is 0. The van der Waals surface area contributed by atoms with Gasteiger partial charge in [-0.3, -0.25) is 0 Å². The molecule has 0 saturated heterocycles. The van der Waals surface area contributed by atoms with Gasteiger partial charge in [-0.05, 0) is 23.5 Å². The topological polar surface area (TPSA) is 0 Å². The Morgan fingerprint density at radius 3 is 1.75 bits per heavy atom. The molecule has 63 valence electrons. The molecule has 1 rings (SSSR count). The molecule has 1 aromatic carbocycles. The largest absolute Gasteiger partial charge is 0.316 e. The maximum atomic E-state index is 3.84. The molecule has 1 radical (unpaired) electrons. The fourth-order valence-electron chi connectivity index (χ4n) is 1.00. The van der Waals surface area contributed by atoms with E-state index in [1.807, 2.05) is 0 Å². The summed E-state index contributed by atoms with van der Waals surface area (Å²) in [5.74, 6) is 0. The highest BCUT2D eigenvalue weighted by atomic mass is 24.3. The molecule has 0 saturated carbocycles. The number of hydrogen-bond donors (Lipinski definition) is 0. The van der Waals surface area contributed by atoms with Gasteiger partial charge in [0, 0.05) is 0 Å². The van der Waals surface area contributed by atoms with Gasteiger partial charge in [-0.25, -0.2) is 0 Å². The van der Waals surface area contributed by atoms with Crippen molar-refractivity contribution in [2.75, 3.05) is 0 Å². The van der Waals surface area contributed by atoms with Crippen LogP contribution in [-0.4, -0.2) is 23.1 Å². The molecule has 0 N–H and O–H groups in total. The molecule has 12 heavy (non-hydrogen) atoms. The van der Waals surface area contributed by atoms with E-state index in [-0.39, 0.29) is 28.5 Å². The van der Waals surface area contributed by atoms with E-state index in [1.54, 1.807) is 0 Å². The molecule has 0 heterocycles. The SMILES string of the molecule is [CH2]c1ccc(C(C)(C)C)cc1.[MgH2]. The average molecular weight is 174 g/mol. The van der Waals surface area contributed by atoms with E-state index in [0.717, 1.165) is 5.56 Å². The van der Waals surface area contributed by atoms with Gasteiger partial charge in [0.25, 0.3) is 0 Å². The summed E-state index contributed by atoms with van der Waals surface area (Å²) in [7, 11) is 0. The summed E-state index contributed by atoms with van der Waals surface area (Å²) in [6.07, 6.45) is 0. The fourth-order valence-corrected chi connectivity index (χ4v) is 1.00. The molecule has 0 aromatic heterocycles. The molecule has 0 aliphatic heterocycles. The first-order chi connectivity index (χ1) is 5.00. The van der Waals surface area contributed by atoms with Crippen molar-refractivity contribution in [1.82, 2.24) is 0 Å². The van der Waals surface area contributed by atoms with Crippen LogP contribution in [0.15, 0.2) is 24.3 Å². The van der Waals surface area contributed by atoms with Crippen LogP contribution >= 0.6 is 0 Å². The molecule has 0 spiro atoms. The minimum absolute atomic E-state index is 0.